The van der Waals surface area contributed by atoms with Gasteiger partial charge in [-0.15, -0.1) is 24.8 Å². The van der Waals surface area contributed by atoms with E-state index in [9.17, 15) is 0 Å². The van der Waals surface area contributed by atoms with Crippen molar-refractivity contribution in [3.8, 4) is 0 Å². The fourth-order valence-electron chi connectivity index (χ4n) is 3.27. The van der Waals surface area contributed by atoms with Gasteiger partial charge < -0.3 is 0 Å². The van der Waals surface area contributed by atoms with Crippen LogP contribution >= 0.6 is 30.7 Å². The van der Waals surface area contributed by atoms with Crippen LogP contribution in [0.5, 0.6) is 0 Å². The normalized spacial score (nSPS) is 18.4. The van der Waals surface area contributed by atoms with E-state index in [1.54, 1.807) is 16.7 Å². The topological polar surface area (TPSA) is 0 Å². The fraction of sp³-hybridized carbons (Fsp3) is 0.778. The predicted octanol–water partition coefficient (Wildman–Crippen LogP) is 7.56. The number of rotatable bonds is 2. The molecule has 0 bridgehead atoms. The van der Waals surface area contributed by atoms with E-state index in [0.29, 0.717) is 15.7 Å². The Labute approximate surface area is 161 Å². The van der Waals surface area contributed by atoms with E-state index < -0.39 is 0 Å². The summed E-state index contributed by atoms with van der Waals surface area (Å²) in [6, 6.07) is 0. The molecule has 0 saturated heterocycles. The summed E-state index contributed by atoms with van der Waals surface area (Å²) < 4.78 is 1.82. The van der Waals surface area contributed by atoms with Gasteiger partial charge in [-0.25, -0.2) is 0 Å². The average Bonchev–Trinajstić information content (AvgIpc) is 2.35. The summed E-state index contributed by atoms with van der Waals surface area (Å²) in [5.74, 6) is 0.0635. The summed E-state index contributed by atoms with van der Waals surface area (Å²) >= 11 is -0.0684. The fourth-order valence-corrected chi connectivity index (χ4v) is 13.5. The van der Waals surface area contributed by atoms with Gasteiger partial charge >= 0.3 is 137 Å². The van der Waals surface area contributed by atoms with Crippen LogP contribution in [-0.4, -0.2) is 10.3 Å². The Morgan fingerprint density at radius 2 is 1.14 bits per heavy atom. The summed E-state index contributed by atoms with van der Waals surface area (Å²) in [6.07, 6.45) is 0. The van der Waals surface area contributed by atoms with Gasteiger partial charge in [0.15, 0.2) is 0 Å². The smallest absolute Gasteiger partial charge is 0.147 e. The van der Waals surface area contributed by atoms with E-state index in [1.165, 1.54) is 0 Å². The van der Waals surface area contributed by atoms with Crippen LogP contribution in [-0.2, 0) is 18.6 Å². The quantitative estimate of drug-likeness (QED) is 0.331. The van der Waals surface area contributed by atoms with Gasteiger partial charge in [-0.05, 0) is 0 Å². The molecule has 0 aromatic heterocycles. The standard InChI is InChI=1S/C10H15.C8H18P.2ClH.Ti/c1-7-6-10(4,5)9(3)8(7)2;1-7(2,3)9-8(4,5)6;;;/h1-5H3;1-6H3;2*1H;/q;-1;;;+1. The molecule has 0 atom stereocenters. The number of hydrogen-bond acceptors (Lipinski definition) is 0. The van der Waals surface area contributed by atoms with E-state index in [4.69, 9.17) is 0 Å². The van der Waals surface area contributed by atoms with Gasteiger partial charge in [0.05, 0.1) is 0 Å². The molecule has 130 valence electrons. The Morgan fingerprint density at radius 1 is 0.773 bits per heavy atom. The minimum atomic E-state index is -0.0684. The summed E-state index contributed by atoms with van der Waals surface area (Å²) in [4.78, 5) is 0. The Hall–Kier alpha value is 1.20. The van der Waals surface area contributed by atoms with Crippen molar-refractivity contribution in [2.24, 2.45) is 5.41 Å². The van der Waals surface area contributed by atoms with Crippen LogP contribution in [0.3, 0.4) is 0 Å². The number of allylic oxidation sites excluding steroid dienone is 4. The maximum Gasteiger partial charge on any atom is -0.147 e. The second-order valence-electron chi connectivity index (χ2n) is 8.66. The zero-order chi connectivity index (χ0) is 16.1. The van der Waals surface area contributed by atoms with E-state index in [2.05, 4.69) is 76.2 Å². The maximum atomic E-state index is 2.46. The van der Waals surface area contributed by atoms with Gasteiger partial charge in [0, 0.05) is 0 Å². The van der Waals surface area contributed by atoms with Crippen molar-refractivity contribution < 1.29 is 18.6 Å². The zero-order valence-corrected chi connectivity index (χ0v) is 20.4. The predicted molar refractivity (Wildman–Crippen MR) is 106 cm³/mol. The van der Waals surface area contributed by atoms with Crippen molar-refractivity contribution in [3.63, 3.8) is 0 Å². The van der Waals surface area contributed by atoms with Gasteiger partial charge in [-0.3, -0.25) is 0 Å². The van der Waals surface area contributed by atoms with E-state index in [0.717, 1.165) is 0 Å². The SMILES string of the molecule is CC1=C(C)C(C)(C)[C]([Ti][P](C(C)(C)C)C(C)(C)C)=C1C.Cl.Cl. The Morgan fingerprint density at radius 3 is 1.36 bits per heavy atom. The molecule has 1 aliphatic carbocycles. The molecule has 0 nitrogen and oxygen atoms in total. The molecule has 0 aliphatic heterocycles. The van der Waals surface area contributed by atoms with Crippen LogP contribution in [0.4, 0.5) is 0 Å². The third-order valence-corrected chi connectivity index (χ3v) is 17.7. The summed E-state index contributed by atoms with van der Waals surface area (Å²) in [5, 5.41) is 0.919. The Kier molecular flexibility index (Phi) is 9.32. The van der Waals surface area contributed by atoms with Gasteiger partial charge in [0.2, 0.25) is 0 Å². The van der Waals surface area contributed by atoms with Crippen molar-refractivity contribution in [1.82, 2.24) is 0 Å². The minimum Gasteiger partial charge on any atom is -0.147 e. The Bertz CT molecular complexity index is 448. The summed E-state index contributed by atoms with van der Waals surface area (Å²) in [7, 11) is 0. The first-order valence-electron chi connectivity index (χ1n) is 7.67. The molecule has 0 radical (unpaired) electrons. The summed E-state index contributed by atoms with van der Waals surface area (Å²) in [5.41, 5.74) is 5.09. The molecule has 0 N–H and O–H groups in total. The zero-order valence-electron chi connectivity index (χ0n) is 16.3. The molecule has 22 heavy (non-hydrogen) atoms. The molecule has 0 saturated carbocycles. The largest absolute Gasteiger partial charge is 0.147 e. The maximum absolute atomic E-state index is 2.46. The second-order valence-corrected chi connectivity index (χ2v) is 16.2. The van der Waals surface area contributed by atoms with Crippen LogP contribution in [0, 0.1) is 5.41 Å². The van der Waals surface area contributed by atoms with E-state index in [-0.39, 0.29) is 49.4 Å². The van der Waals surface area contributed by atoms with Crippen molar-refractivity contribution in [1.29, 1.82) is 0 Å². The summed E-state index contributed by atoms with van der Waals surface area (Å²) in [6.45, 7) is 26.7. The molecule has 4 heteroatoms. The van der Waals surface area contributed by atoms with Crippen LogP contribution in [0.25, 0.3) is 0 Å². The van der Waals surface area contributed by atoms with Gasteiger partial charge in [-0.2, -0.15) is 0 Å². The second kappa shape index (κ2) is 8.06. The van der Waals surface area contributed by atoms with Crippen molar-refractivity contribution >= 4 is 30.7 Å². The first-order chi connectivity index (χ1) is 8.70. The molecular formula is C18H35Cl2PTi. The van der Waals surface area contributed by atoms with Crippen LogP contribution in [0.1, 0.15) is 76.2 Å². The van der Waals surface area contributed by atoms with Crippen molar-refractivity contribution in [2.75, 3.05) is 0 Å². The van der Waals surface area contributed by atoms with Gasteiger partial charge in [0.25, 0.3) is 0 Å². The van der Waals surface area contributed by atoms with Crippen LogP contribution < -0.4 is 0 Å². The molecule has 0 spiro atoms. The van der Waals surface area contributed by atoms with Crippen molar-refractivity contribution in [2.45, 2.75) is 86.5 Å². The van der Waals surface area contributed by atoms with E-state index >= 15 is 0 Å². The molecule has 1 rings (SSSR count). The molecule has 0 aromatic rings. The number of hydrogen-bond donors (Lipinski definition) is 0. The minimum absolute atomic E-state index is 0. The third kappa shape index (κ3) is 5.10. The monoisotopic (exact) mass is 400 g/mol. The van der Waals surface area contributed by atoms with Crippen LogP contribution in [0.2, 0.25) is 0 Å². The van der Waals surface area contributed by atoms with Crippen LogP contribution in [0.15, 0.2) is 20.6 Å². The number of halogens is 2. The third-order valence-electron chi connectivity index (χ3n) is 4.63. The molecule has 0 fully saturated rings. The first-order valence-corrected chi connectivity index (χ1v) is 11.9. The van der Waals surface area contributed by atoms with E-state index in [1.807, 2.05) is 3.88 Å². The molecule has 0 unspecified atom stereocenters. The van der Waals surface area contributed by atoms with Gasteiger partial charge in [-0.1, -0.05) is 0 Å². The molecule has 0 heterocycles. The molecule has 0 aromatic carbocycles. The molecule has 0 amide bonds. The first kappa shape index (κ1) is 25.4. The van der Waals surface area contributed by atoms with Gasteiger partial charge in [0.1, 0.15) is 0 Å². The van der Waals surface area contributed by atoms with Crippen molar-refractivity contribution in [3.05, 3.63) is 20.6 Å². The average molecular weight is 401 g/mol. The molecule has 1 aliphatic rings. The molecular weight excluding hydrogens is 366 g/mol. The Balaban J connectivity index is 0.